The van der Waals surface area contributed by atoms with E-state index in [9.17, 15) is 4.39 Å². The van der Waals surface area contributed by atoms with Gasteiger partial charge in [-0.15, -0.1) is 0 Å². The number of aromatic nitrogens is 1. The molecular weight excluding hydrogens is 251 g/mol. The molecule has 0 amide bonds. The summed E-state index contributed by atoms with van der Waals surface area (Å²) in [6, 6.07) is 1.54. The lowest BCUT2D eigenvalue weighted by atomic mass is 10.2. The summed E-state index contributed by atoms with van der Waals surface area (Å²) in [5.41, 5.74) is 8.40. The first-order valence-corrected chi connectivity index (χ1v) is 4.52. The van der Waals surface area contributed by atoms with Crippen molar-refractivity contribution in [3.63, 3.8) is 0 Å². The van der Waals surface area contributed by atoms with Crippen molar-refractivity contribution in [3.05, 3.63) is 44.8 Å². The van der Waals surface area contributed by atoms with Gasteiger partial charge in [-0.1, -0.05) is 17.3 Å². The molecule has 0 fully saturated rings. The summed E-state index contributed by atoms with van der Waals surface area (Å²) in [7, 11) is 0. The molecule has 1 heterocycles. The summed E-state index contributed by atoms with van der Waals surface area (Å²) in [4.78, 5) is 6.27. The van der Waals surface area contributed by atoms with E-state index in [1.54, 1.807) is 12.1 Å². The fraction of sp³-hybridized carbons (Fsp3) is 0.125. The lowest BCUT2D eigenvalue weighted by molar-refractivity contribution is 0.617. The van der Waals surface area contributed by atoms with Gasteiger partial charge in [-0.3, -0.25) is 0 Å². The average molecular weight is 257 g/mol. The number of halogens is 2. The van der Waals surface area contributed by atoms with Gasteiger partial charge in [0.2, 0.25) is 0 Å². The molecule has 1 rings (SSSR count). The highest BCUT2D eigenvalue weighted by Gasteiger charge is 1.98. The van der Waals surface area contributed by atoms with Crippen LogP contribution in [0.15, 0.2) is 28.1 Å². The maximum atomic E-state index is 13.0. The minimum atomic E-state index is -0.412. The average Bonchev–Trinajstić information content (AvgIpc) is 2.18. The first-order chi connectivity index (χ1) is 6.74. The van der Waals surface area contributed by atoms with Crippen LogP contribution in [0.1, 0.15) is 5.56 Å². The highest BCUT2D eigenvalue weighted by molar-refractivity contribution is 9.10. The van der Waals surface area contributed by atoms with Gasteiger partial charge in [-0.25, -0.2) is 9.37 Å². The molecule has 0 aliphatic heterocycles. The Labute approximate surface area is 88.2 Å². The minimum Gasteiger partial charge on any atom is -0.246 e. The SMILES string of the molecule is [N-]=[N+]=NCC=Cc1cc(Br)ncc1F. The molecule has 0 unspecified atom stereocenters. The van der Waals surface area contributed by atoms with E-state index in [2.05, 4.69) is 30.9 Å². The van der Waals surface area contributed by atoms with E-state index >= 15 is 0 Å². The number of hydrogen-bond acceptors (Lipinski definition) is 2. The predicted octanol–water partition coefficient (Wildman–Crippen LogP) is 3.31. The molecule has 0 N–H and O–H groups in total. The molecule has 0 aromatic carbocycles. The standard InChI is InChI=1S/C8H6BrFN4/c9-8-4-6(7(10)5-12-8)2-1-3-13-14-11/h1-2,4-5H,3H2. The van der Waals surface area contributed by atoms with Gasteiger partial charge in [0.1, 0.15) is 10.4 Å². The first kappa shape index (κ1) is 10.7. The molecule has 0 saturated heterocycles. The molecule has 0 saturated carbocycles. The molecule has 1 aromatic heterocycles. The summed E-state index contributed by atoms with van der Waals surface area (Å²) >= 11 is 3.13. The summed E-state index contributed by atoms with van der Waals surface area (Å²) in [6.07, 6.45) is 4.23. The van der Waals surface area contributed by atoms with Gasteiger partial charge in [0.25, 0.3) is 0 Å². The van der Waals surface area contributed by atoms with Gasteiger partial charge in [-0.05, 0) is 27.5 Å². The van der Waals surface area contributed by atoms with Crippen LogP contribution in [0.25, 0.3) is 16.5 Å². The number of nitrogens with zero attached hydrogens (tertiary/aromatic N) is 4. The second-order valence-corrected chi connectivity index (χ2v) is 3.16. The Bertz CT molecular complexity index is 398. The molecule has 0 aliphatic carbocycles. The Hall–Kier alpha value is -1.39. The minimum absolute atomic E-state index is 0.204. The molecule has 0 aliphatic rings. The fourth-order valence-electron chi connectivity index (χ4n) is 0.818. The number of hydrogen-bond donors (Lipinski definition) is 0. The molecule has 1 aromatic rings. The molecule has 0 spiro atoms. The summed E-state index contributed by atoms with van der Waals surface area (Å²) in [5.74, 6) is -0.412. The van der Waals surface area contributed by atoms with Crippen LogP contribution in [0, 0.1) is 5.82 Å². The van der Waals surface area contributed by atoms with E-state index in [1.165, 1.54) is 6.08 Å². The zero-order valence-corrected chi connectivity index (χ0v) is 8.65. The van der Waals surface area contributed by atoms with Crippen LogP contribution < -0.4 is 0 Å². The quantitative estimate of drug-likeness (QED) is 0.354. The third-order valence-electron chi connectivity index (χ3n) is 1.40. The Balaban J connectivity index is 2.79. The highest BCUT2D eigenvalue weighted by Crippen LogP contribution is 2.13. The van der Waals surface area contributed by atoms with Crippen LogP contribution in [0.2, 0.25) is 0 Å². The predicted molar refractivity (Wildman–Crippen MR) is 54.9 cm³/mol. The molecule has 4 nitrogen and oxygen atoms in total. The van der Waals surface area contributed by atoms with Crippen molar-refractivity contribution in [1.29, 1.82) is 0 Å². The van der Waals surface area contributed by atoms with Crippen LogP contribution in [0.3, 0.4) is 0 Å². The van der Waals surface area contributed by atoms with Crippen LogP contribution in [0.4, 0.5) is 4.39 Å². The van der Waals surface area contributed by atoms with Crippen LogP contribution in [-0.4, -0.2) is 11.5 Å². The third-order valence-corrected chi connectivity index (χ3v) is 1.83. The maximum Gasteiger partial charge on any atom is 0.148 e. The zero-order chi connectivity index (χ0) is 10.4. The summed E-state index contributed by atoms with van der Waals surface area (Å²) < 4.78 is 13.6. The topological polar surface area (TPSA) is 61.7 Å². The Morgan fingerprint density at radius 1 is 1.71 bits per heavy atom. The Kier molecular flexibility index (Phi) is 4.10. The molecule has 0 bridgehead atoms. The maximum absolute atomic E-state index is 13.0. The lowest BCUT2D eigenvalue weighted by Gasteiger charge is -1.95. The zero-order valence-electron chi connectivity index (χ0n) is 7.06. The van der Waals surface area contributed by atoms with Crippen molar-refractivity contribution >= 4 is 22.0 Å². The fourth-order valence-corrected chi connectivity index (χ4v) is 1.17. The van der Waals surface area contributed by atoms with Crippen molar-refractivity contribution in [2.24, 2.45) is 5.11 Å². The highest BCUT2D eigenvalue weighted by atomic mass is 79.9. The van der Waals surface area contributed by atoms with Crippen LogP contribution in [0.5, 0.6) is 0 Å². The van der Waals surface area contributed by atoms with E-state index in [1.807, 2.05) is 0 Å². The van der Waals surface area contributed by atoms with Gasteiger partial charge in [0.05, 0.1) is 6.20 Å². The summed E-state index contributed by atoms with van der Waals surface area (Å²) in [6.45, 7) is 0.204. The van der Waals surface area contributed by atoms with E-state index in [0.29, 0.717) is 10.2 Å². The van der Waals surface area contributed by atoms with Gasteiger partial charge in [-0.2, -0.15) is 0 Å². The molecule has 14 heavy (non-hydrogen) atoms. The second-order valence-electron chi connectivity index (χ2n) is 2.34. The van der Waals surface area contributed by atoms with Gasteiger partial charge in [0.15, 0.2) is 0 Å². The van der Waals surface area contributed by atoms with Crippen LogP contribution in [-0.2, 0) is 0 Å². The monoisotopic (exact) mass is 256 g/mol. The van der Waals surface area contributed by atoms with Gasteiger partial charge < -0.3 is 0 Å². The first-order valence-electron chi connectivity index (χ1n) is 3.72. The smallest absolute Gasteiger partial charge is 0.148 e. The molecule has 0 atom stereocenters. The Morgan fingerprint density at radius 2 is 2.50 bits per heavy atom. The largest absolute Gasteiger partial charge is 0.246 e. The van der Waals surface area contributed by atoms with Crippen molar-refractivity contribution in [2.75, 3.05) is 6.54 Å². The van der Waals surface area contributed by atoms with E-state index in [-0.39, 0.29) is 6.54 Å². The molecule has 0 radical (unpaired) electrons. The van der Waals surface area contributed by atoms with Crippen molar-refractivity contribution in [3.8, 4) is 0 Å². The van der Waals surface area contributed by atoms with Gasteiger partial charge >= 0.3 is 0 Å². The van der Waals surface area contributed by atoms with E-state index < -0.39 is 5.82 Å². The second kappa shape index (κ2) is 5.36. The Morgan fingerprint density at radius 3 is 3.21 bits per heavy atom. The number of rotatable bonds is 3. The normalized spacial score (nSPS) is 10.1. The van der Waals surface area contributed by atoms with Crippen molar-refractivity contribution < 1.29 is 4.39 Å². The number of pyridine rings is 1. The van der Waals surface area contributed by atoms with Crippen molar-refractivity contribution in [2.45, 2.75) is 0 Å². The molecule has 72 valence electrons. The third kappa shape index (κ3) is 3.16. The molecule has 6 heteroatoms. The van der Waals surface area contributed by atoms with E-state index in [0.717, 1.165) is 6.20 Å². The van der Waals surface area contributed by atoms with Gasteiger partial charge in [0, 0.05) is 17.0 Å². The summed E-state index contributed by atoms with van der Waals surface area (Å²) in [5, 5.41) is 3.28. The van der Waals surface area contributed by atoms with E-state index in [4.69, 9.17) is 5.53 Å². The molecular formula is C8H6BrFN4. The number of azide groups is 1. The van der Waals surface area contributed by atoms with Crippen molar-refractivity contribution in [1.82, 2.24) is 4.98 Å². The lowest BCUT2D eigenvalue weighted by Crippen LogP contribution is -1.85. The van der Waals surface area contributed by atoms with Crippen LogP contribution >= 0.6 is 15.9 Å².